The molecule has 1 amide bonds. The van der Waals surface area contributed by atoms with Gasteiger partial charge in [-0.15, -0.1) is 0 Å². The molecule has 0 aliphatic rings. The molecule has 0 saturated carbocycles. The molecule has 2 N–H and O–H groups in total. The van der Waals surface area contributed by atoms with Crippen LogP contribution in [0.4, 0.5) is 5.13 Å². The highest BCUT2D eigenvalue weighted by molar-refractivity contribution is 7.17. The van der Waals surface area contributed by atoms with Gasteiger partial charge in [-0.1, -0.05) is 25.2 Å². The van der Waals surface area contributed by atoms with E-state index >= 15 is 0 Å². The van der Waals surface area contributed by atoms with Crippen molar-refractivity contribution >= 4 is 28.3 Å². The van der Waals surface area contributed by atoms with Crippen LogP contribution >= 0.6 is 11.3 Å². The Labute approximate surface area is 109 Å². The largest absolute Gasteiger partial charge is 0.477 e. The second-order valence-electron chi connectivity index (χ2n) is 4.18. The zero-order valence-electron chi connectivity index (χ0n) is 10.5. The number of hydrogen-bond donors (Lipinski definition) is 2. The summed E-state index contributed by atoms with van der Waals surface area (Å²) < 4.78 is 4.87. The van der Waals surface area contributed by atoms with Gasteiger partial charge in [0.15, 0.2) is 5.13 Å². The van der Waals surface area contributed by atoms with Gasteiger partial charge in [-0.3, -0.25) is 4.79 Å². The Morgan fingerprint density at radius 3 is 2.67 bits per heavy atom. The van der Waals surface area contributed by atoms with Crippen molar-refractivity contribution in [3.05, 3.63) is 10.6 Å². The molecule has 0 atom stereocenters. The van der Waals surface area contributed by atoms with Crippen LogP contribution in [-0.2, 0) is 16.1 Å². The molecule has 0 aliphatic heterocycles. The average Bonchev–Trinajstić information content (AvgIpc) is 2.60. The summed E-state index contributed by atoms with van der Waals surface area (Å²) in [6.07, 6.45) is 0.377. The molecule has 7 heteroatoms. The van der Waals surface area contributed by atoms with Gasteiger partial charge < -0.3 is 15.2 Å². The van der Waals surface area contributed by atoms with E-state index in [4.69, 9.17) is 9.84 Å². The van der Waals surface area contributed by atoms with Gasteiger partial charge in [0, 0.05) is 13.5 Å². The predicted molar refractivity (Wildman–Crippen MR) is 67.9 cm³/mol. The maximum absolute atomic E-state index is 11.5. The van der Waals surface area contributed by atoms with Gasteiger partial charge in [-0.2, -0.15) is 0 Å². The third kappa shape index (κ3) is 4.08. The molecule has 0 radical (unpaired) electrons. The van der Waals surface area contributed by atoms with Crippen molar-refractivity contribution in [2.24, 2.45) is 5.92 Å². The van der Waals surface area contributed by atoms with Crippen molar-refractivity contribution in [1.29, 1.82) is 0 Å². The number of carbonyl (C=O) groups excluding carboxylic acids is 1. The molecule has 0 saturated heterocycles. The first-order chi connectivity index (χ1) is 8.43. The molecular weight excluding hydrogens is 256 g/mol. The summed E-state index contributed by atoms with van der Waals surface area (Å²) in [5.41, 5.74) is 0.329. The van der Waals surface area contributed by atoms with Gasteiger partial charge in [0.1, 0.15) is 4.88 Å². The first-order valence-corrected chi connectivity index (χ1v) is 6.27. The molecule has 0 spiro atoms. The van der Waals surface area contributed by atoms with Crippen LogP contribution in [0.15, 0.2) is 0 Å². The lowest BCUT2D eigenvalue weighted by atomic mass is 10.1. The van der Waals surface area contributed by atoms with E-state index in [9.17, 15) is 9.59 Å². The lowest BCUT2D eigenvalue weighted by molar-refractivity contribution is -0.116. The van der Waals surface area contributed by atoms with Gasteiger partial charge in [0.2, 0.25) is 5.91 Å². The molecule has 100 valence electrons. The van der Waals surface area contributed by atoms with E-state index in [0.29, 0.717) is 17.2 Å². The molecule has 0 fully saturated rings. The van der Waals surface area contributed by atoms with E-state index in [1.165, 1.54) is 7.11 Å². The fourth-order valence-electron chi connectivity index (χ4n) is 1.35. The number of aromatic nitrogens is 1. The average molecular weight is 272 g/mol. The molecule has 0 aliphatic carbocycles. The second kappa shape index (κ2) is 6.46. The summed E-state index contributed by atoms with van der Waals surface area (Å²) in [5.74, 6) is -0.995. The highest BCUT2D eigenvalue weighted by Crippen LogP contribution is 2.24. The van der Waals surface area contributed by atoms with Crippen LogP contribution in [0.2, 0.25) is 0 Å². The molecule has 1 aromatic heterocycles. The van der Waals surface area contributed by atoms with Crippen molar-refractivity contribution in [3.8, 4) is 0 Å². The van der Waals surface area contributed by atoms with Crippen LogP contribution in [0.3, 0.4) is 0 Å². The van der Waals surface area contributed by atoms with Crippen molar-refractivity contribution in [1.82, 2.24) is 4.98 Å². The number of carboxylic acid groups (broad SMARTS) is 1. The third-order valence-corrected chi connectivity index (χ3v) is 3.01. The molecule has 0 bridgehead atoms. The Morgan fingerprint density at radius 1 is 1.50 bits per heavy atom. The lowest BCUT2D eigenvalue weighted by Gasteiger charge is -2.03. The minimum Gasteiger partial charge on any atom is -0.477 e. The van der Waals surface area contributed by atoms with E-state index in [-0.39, 0.29) is 23.3 Å². The summed E-state index contributed by atoms with van der Waals surface area (Å²) >= 11 is 0.940. The fraction of sp³-hybridized carbons (Fsp3) is 0.545. The number of ether oxygens (including phenoxy) is 1. The van der Waals surface area contributed by atoms with Crippen LogP contribution in [0.25, 0.3) is 0 Å². The number of rotatable bonds is 6. The van der Waals surface area contributed by atoms with Crippen molar-refractivity contribution in [2.45, 2.75) is 26.9 Å². The summed E-state index contributed by atoms with van der Waals surface area (Å²) in [5, 5.41) is 11.9. The number of carboxylic acids is 1. The minimum atomic E-state index is -1.07. The molecule has 6 nitrogen and oxygen atoms in total. The maximum Gasteiger partial charge on any atom is 0.347 e. The normalized spacial score (nSPS) is 10.7. The SMILES string of the molecule is COCc1nc(NC(=O)CC(C)C)sc1C(=O)O. The van der Waals surface area contributed by atoms with Crippen LogP contribution < -0.4 is 5.32 Å². The van der Waals surface area contributed by atoms with Crippen LogP contribution in [0.1, 0.15) is 35.6 Å². The zero-order valence-corrected chi connectivity index (χ0v) is 11.3. The Kier molecular flexibility index (Phi) is 5.24. The van der Waals surface area contributed by atoms with Gasteiger partial charge >= 0.3 is 5.97 Å². The number of carbonyl (C=O) groups is 2. The Morgan fingerprint density at radius 2 is 2.17 bits per heavy atom. The number of nitrogens with one attached hydrogen (secondary N) is 1. The van der Waals surface area contributed by atoms with E-state index in [2.05, 4.69) is 10.3 Å². The molecular formula is C11H16N2O4S. The molecule has 0 unspecified atom stereocenters. The minimum absolute atomic E-state index is 0.0942. The number of methoxy groups -OCH3 is 1. The maximum atomic E-state index is 11.5. The number of anilines is 1. The van der Waals surface area contributed by atoms with Gasteiger partial charge in [-0.25, -0.2) is 9.78 Å². The number of amides is 1. The van der Waals surface area contributed by atoms with E-state index < -0.39 is 5.97 Å². The highest BCUT2D eigenvalue weighted by Gasteiger charge is 2.18. The lowest BCUT2D eigenvalue weighted by Crippen LogP contribution is -2.13. The monoisotopic (exact) mass is 272 g/mol. The van der Waals surface area contributed by atoms with Crippen molar-refractivity contribution in [2.75, 3.05) is 12.4 Å². The van der Waals surface area contributed by atoms with Gasteiger partial charge in [0.05, 0.1) is 12.3 Å². The molecule has 1 heterocycles. The fourth-order valence-corrected chi connectivity index (χ4v) is 2.17. The van der Waals surface area contributed by atoms with E-state index in [0.717, 1.165) is 11.3 Å². The number of nitrogens with zero attached hydrogens (tertiary/aromatic N) is 1. The molecule has 0 aromatic carbocycles. The zero-order chi connectivity index (χ0) is 13.7. The van der Waals surface area contributed by atoms with E-state index in [1.807, 2.05) is 13.8 Å². The summed E-state index contributed by atoms with van der Waals surface area (Å²) in [6, 6.07) is 0. The highest BCUT2D eigenvalue weighted by atomic mass is 32.1. The van der Waals surface area contributed by atoms with Crippen molar-refractivity contribution in [3.63, 3.8) is 0 Å². The summed E-state index contributed by atoms with van der Waals surface area (Å²) in [4.78, 5) is 26.7. The Bertz CT molecular complexity index is 442. The predicted octanol–water partition coefficient (Wildman–Crippen LogP) is 1.97. The van der Waals surface area contributed by atoms with E-state index in [1.54, 1.807) is 0 Å². The Hall–Kier alpha value is -1.47. The van der Waals surface area contributed by atoms with Crippen LogP contribution in [0, 0.1) is 5.92 Å². The first-order valence-electron chi connectivity index (χ1n) is 5.45. The number of aromatic carboxylic acids is 1. The molecule has 18 heavy (non-hydrogen) atoms. The number of hydrogen-bond acceptors (Lipinski definition) is 5. The number of thiazole rings is 1. The third-order valence-electron chi connectivity index (χ3n) is 2.01. The topological polar surface area (TPSA) is 88.5 Å². The van der Waals surface area contributed by atoms with Crippen LogP contribution in [0.5, 0.6) is 0 Å². The molecule has 1 aromatic rings. The van der Waals surface area contributed by atoms with Crippen molar-refractivity contribution < 1.29 is 19.4 Å². The Balaban J connectivity index is 2.81. The smallest absolute Gasteiger partial charge is 0.347 e. The standard InChI is InChI=1S/C11H16N2O4S/c1-6(2)4-8(14)13-11-12-7(5-17-3)9(18-11)10(15)16/h6H,4-5H2,1-3H3,(H,15,16)(H,12,13,14). The quantitative estimate of drug-likeness (QED) is 0.826. The van der Waals surface area contributed by atoms with Gasteiger partial charge in [0.25, 0.3) is 0 Å². The second-order valence-corrected chi connectivity index (χ2v) is 5.18. The first kappa shape index (κ1) is 14.6. The summed E-state index contributed by atoms with van der Waals surface area (Å²) in [7, 11) is 1.46. The molecule has 1 rings (SSSR count). The van der Waals surface area contributed by atoms with Gasteiger partial charge in [-0.05, 0) is 5.92 Å². The summed E-state index contributed by atoms with van der Waals surface area (Å²) in [6.45, 7) is 3.97. The van der Waals surface area contributed by atoms with Crippen LogP contribution in [-0.4, -0.2) is 29.1 Å².